The zero-order chi connectivity index (χ0) is 40.9. The van der Waals surface area contributed by atoms with Crippen LogP contribution in [0, 0.1) is 11.8 Å². The molecule has 4 amide bonds. The molecule has 0 unspecified atom stereocenters. The monoisotopic (exact) mass is 766 g/mol. The Labute approximate surface area is 322 Å². The maximum atomic E-state index is 13.4. The molecule has 1 saturated heterocycles. The number of aromatic nitrogens is 1. The fraction of sp³-hybridized carbons (Fsp3) is 0.550. The summed E-state index contributed by atoms with van der Waals surface area (Å²) in [6, 6.07) is 9.32. The zero-order valence-electron chi connectivity index (χ0n) is 33.3. The Morgan fingerprint density at radius 2 is 1.44 bits per heavy atom. The molecule has 1 aromatic carbocycles. The van der Waals surface area contributed by atoms with Crippen molar-refractivity contribution in [3.05, 3.63) is 65.5 Å². The first-order valence-corrected chi connectivity index (χ1v) is 18.3. The number of esters is 1. The van der Waals surface area contributed by atoms with E-state index in [0.29, 0.717) is 30.8 Å². The Bertz CT molecular complexity index is 1640. The first-order chi connectivity index (χ1) is 25.7. The largest absolute Gasteiger partial charge is 0.459 e. The molecule has 300 valence electrons. The number of Topliss-reactive ketones (excluding diaryl/α,β-unsaturated/α-hetero) is 1. The van der Waals surface area contributed by atoms with Crippen molar-refractivity contribution < 1.29 is 52.5 Å². The zero-order valence-corrected chi connectivity index (χ0v) is 33.3. The van der Waals surface area contributed by atoms with Gasteiger partial charge in [0.15, 0.2) is 11.6 Å². The summed E-state index contributed by atoms with van der Waals surface area (Å²) in [6.45, 7) is 15.8. The van der Waals surface area contributed by atoms with Gasteiger partial charge in [-0.3, -0.25) is 14.6 Å². The third-order valence-corrected chi connectivity index (χ3v) is 7.79. The van der Waals surface area contributed by atoms with Crippen LogP contribution in [0.3, 0.4) is 0 Å². The second-order valence-electron chi connectivity index (χ2n) is 15.7. The van der Waals surface area contributed by atoms with E-state index in [2.05, 4.69) is 9.98 Å². The molecule has 55 heavy (non-hydrogen) atoms. The average Bonchev–Trinajstić information content (AvgIpc) is 3.10. The molecule has 2 heterocycles. The molecular weight excluding hydrogens is 712 g/mol. The number of imide groups is 1. The van der Waals surface area contributed by atoms with E-state index in [4.69, 9.17) is 23.7 Å². The Kier molecular flexibility index (Phi) is 16.0. The van der Waals surface area contributed by atoms with Gasteiger partial charge in [0, 0.05) is 54.5 Å². The molecule has 1 aliphatic rings. The number of amides is 4. The number of likely N-dealkylation sites (tertiary alicyclic amines) is 1. The van der Waals surface area contributed by atoms with Crippen LogP contribution in [0.1, 0.15) is 103 Å². The quantitative estimate of drug-likeness (QED) is 0.0730. The number of ketones is 1. The molecule has 1 atom stereocenters. The lowest BCUT2D eigenvalue weighted by molar-refractivity contribution is -0.154. The Morgan fingerprint density at radius 3 is 1.96 bits per heavy atom. The third-order valence-electron chi connectivity index (χ3n) is 7.79. The van der Waals surface area contributed by atoms with E-state index < -0.39 is 47.2 Å². The van der Waals surface area contributed by atoms with Crippen LogP contribution in [0.4, 0.5) is 14.4 Å². The first kappa shape index (κ1) is 44.2. The molecule has 0 aliphatic carbocycles. The standard InChI is InChI=1S/C40H54N4O11/c1-26(2)23-53-36(48)42-34(44(37(49)54-39(4,5)6)38(50)55-40(7,8)9)30-14-12-29(13-15-30)32(45)21-27(3)35(47)43-19-16-31(17-20-43)51-25-33(46)52-24-28-11-10-18-41-22-28/h10-15,18,22,26-27,31H,16-17,19-21,23-25H2,1-9H3/t27-/m1/s1. The van der Waals surface area contributed by atoms with Crippen LogP contribution in [-0.4, -0.2) is 100 Å². The van der Waals surface area contributed by atoms with Crippen molar-refractivity contribution >= 4 is 41.8 Å². The van der Waals surface area contributed by atoms with Gasteiger partial charge in [-0.05, 0) is 66.4 Å². The van der Waals surface area contributed by atoms with E-state index in [1.54, 1.807) is 77.9 Å². The summed E-state index contributed by atoms with van der Waals surface area (Å²) < 4.78 is 27.1. The van der Waals surface area contributed by atoms with Gasteiger partial charge in [0.25, 0.3) is 0 Å². The van der Waals surface area contributed by atoms with Crippen molar-refractivity contribution in [1.29, 1.82) is 0 Å². The molecule has 1 aromatic heterocycles. The summed E-state index contributed by atoms with van der Waals surface area (Å²) in [5.41, 5.74) is -0.898. The Balaban J connectivity index is 1.67. The fourth-order valence-corrected chi connectivity index (χ4v) is 5.18. The number of amidine groups is 1. The van der Waals surface area contributed by atoms with Crippen molar-refractivity contribution in [3.63, 3.8) is 0 Å². The van der Waals surface area contributed by atoms with Gasteiger partial charge in [0.05, 0.1) is 12.7 Å². The Morgan fingerprint density at radius 1 is 0.855 bits per heavy atom. The van der Waals surface area contributed by atoms with Gasteiger partial charge in [0.2, 0.25) is 5.91 Å². The smallest absolute Gasteiger partial charge is 0.435 e. The van der Waals surface area contributed by atoms with Crippen molar-refractivity contribution in [2.24, 2.45) is 16.8 Å². The van der Waals surface area contributed by atoms with Gasteiger partial charge >= 0.3 is 24.2 Å². The number of hydrogen-bond donors (Lipinski definition) is 0. The van der Waals surface area contributed by atoms with Crippen LogP contribution in [0.2, 0.25) is 0 Å². The van der Waals surface area contributed by atoms with Crippen LogP contribution in [0.5, 0.6) is 0 Å². The van der Waals surface area contributed by atoms with Crippen LogP contribution in [0.25, 0.3) is 0 Å². The highest BCUT2D eigenvalue weighted by Gasteiger charge is 2.37. The van der Waals surface area contributed by atoms with Crippen LogP contribution >= 0.6 is 0 Å². The van der Waals surface area contributed by atoms with Crippen molar-refractivity contribution in [2.45, 2.75) is 105 Å². The lowest BCUT2D eigenvalue weighted by Gasteiger charge is -2.33. The van der Waals surface area contributed by atoms with E-state index in [0.717, 1.165) is 5.56 Å². The van der Waals surface area contributed by atoms with E-state index in [1.807, 2.05) is 13.8 Å². The summed E-state index contributed by atoms with van der Waals surface area (Å²) in [4.78, 5) is 88.7. The van der Waals surface area contributed by atoms with E-state index in [-0.39, 0.29) is 61.1 Å². The number of benzene rings is 1. The van der Waals surface area contributed by atoms with Gasteiger partial charge in [-0.1, -0.05) is 51.1 Å². The van der Waals surface area contributed by atoms with Gasteiger partial charge in [0.1, 0.15) is 24.4 Å². The highest BCUT2D eigenvalue weighted by Crippen LogP contribution is 2.22. The highest BCUT2D eigenvalue weighted by atomic mass is 16.6. The Hall–Kier alpha value is -5.18. The predicted octanol–water partition coefficient (Wildman–Crippen LogP) is 6.75. The number of nitrogens with zero attached hydrogens (tertiary/aromatic N) is 4. The lowest BCUT2D eigenvalue weighted by Crippen LogP contribution is -2.47. The number of carbonyl (C=O) groups is 6. The molecule has 0 saturated carbocycles. The van der Waals surface area contributed by atoms with E-state index in [1.165, 1.54) is 24.3 Å². The number of rotatable bonds is 12. The molecule has 2 aromatic rings. The SMILES string of the molecule is CC(C)COC(=O)N=C(c1ccc(C(=O)C[C@@H](C)C(=O)N2CCC(OCC(=O)OCc3cccnc3)CC2)cc1)N(C(=O)OC(C)(C)C)C(=O)OC(C)(C)C. The number of carbonyl (C=O) groups excluding carboxylic acids is 6. The number of ether oxygens (including phenoxy) is 5. The van der Waals surface area contributed by atoms with Crippen LogP contribution < -0.4 is 0 Å². The molecule has 0 N–H and O–H groups in total. The summed E-state index contributed by atoms with van der Waals surface area (Å²) in [5, 5.41) is 0. The second-order valence-corrected chi connectivity index (χ2v) is 15.7. The van der Waals surface area contributed by atoms with Gasteiger partial charge in [-0.2, -0.15) is 9.89 Å². The summed E-state index contributed by atoms with van der Waals surface area (Å²) >= 11 is 0. The molecule has 0 radical (unpaired) electrons. The summed E-state index contributed by atoms with van der Waals surface area (Å²) in [7, 11) is 0. The molecule has 1 aliphatic heterocycles. The maximum absolute atomic E-state index is 13.4. The number of hydrogen-bond acceptors (Lipinski definition) is 12. The van der Waals surface area contributed by atoms with Crippen molar-refractivity contribution in [2.75, 3.05) is 26.3 Å². The normalized spacial score (nSPS) is 14.5. The summed E-state index contributed by atoms with van der Waals surface area (Å²) in [6.07, 6.45) is 0.688. The maximum Gasteiger partial charge on any atom is 0.435 e. The highest BCUT2D eigenvalue weighted by molar-refractivity contribution is 6.18. The third kappa shape index (κ3) is 15.2. The van der Waals surface area contributed by atoms with E-state index >= 15 is 0 Å². The number of pyridine rings is 1. The second kappa shape index (κ2) is 19.9. The topological polar surface area (TPSA) is 180 Å². The summed E-state index contributed by atoms with van der Waals surface area (Å²) in [5.74, 6) is -2.05. The minimum Gasteiger partial charge on any atom is -0.459 e. The molecule has 0 bridgehead atoms. The predicted molar refractivity (Wildman–Crippen MR) is 201 cm³/mol. The van der Waals surface area contributed by atoms with E-state index in [9.17, 15) is 28.8 Å². The van der Waals surface area contributed by atoms with Crippen molar-refractivity contribution in [1.82, 2.24) is 14.8 Å². The van der Waals surface area contributed by atoms with Gasteiger partial charge in [-0.15, -0.1) is 0 Å². The van der Waals surface area contributed by atoms with Gasteiger partial charge < -0.3 is 28.6 Å². The van der Waals surface area contributed by atoms with Crippen LogP contribution in [-0.2, 0) is 39.9 Å². The van der Waals surface area contributed by atoms with Crippen molar-refractivity contribution in [3.8, 4) is 0 Å². The molecule has 15 nitrogen and oxygen atoms in total. The molecular formula is C40H54N4O11. The minimum atomic E-state index is -1.14. The first-order valence-electron chi connectivity index (χ1n) is 18.3. The number of aliphatic imine (C=N–C) groups is 1. The molecule has 3 rings (SSSR count). The molecule has 15 heteroatoms. The van der Waals surface area contributed by atoms with Crippen LogP contribution in [0.15, 0.2) is 53.8 Å². The molecule has 1 fully saturated rings. The lowest BCUT2D eigenvalue weighted by atomic mass is 9.96. The average molecular weight is 767 g/mol. The number of piperidine rings is 1. The minimum absolute atomic E-state index is 0.0118. The fourth-order valence-electron chi connectivity index (χ4n) is 5.18. The van der Waals surface area contributed by atoms with Gasteiger partial charge in [-0.25, -0.2) is 19.2 Å². The molecule has 0 spiro atoms.